The number of aromatic nitrogens is 1. The Morgan fingerprint density at radius 2 is 2.23 bits per heavy atom. The van der Waals surface area contributed by atoms with Crippen LogP contribution in [0.25, 0.3) is 0 Å². The highest BCUT2D eigenvalue weighted by Crippen LogP contribution is 2.33. The maximum Gasteiger partial charge on any atom is 0.322 e. The summed E-state index contributed by atoms with van der Waals surface area (Å²) in [7, 11) is 0. The molecular formula is C20H27N3O2S. The maximum atomic E-state index is 12.9. The lowest BCUT2D eigenvalue weighted by atomic mass is 10.1. The maximum absolute atomic E-state index is 12.9. The first kappa shape index (κ1) is 18.9. The van der Waals surface area contributed by atoms with Gasteiger partial charge in [-0.15, -0.1) is 11.3 Å². The number of hydrogen-bond donors (Lipinski definition) is 1. The van der Waals surface area contributed by atoms with Crippen LogP contribution in [0, 0.1) is 13.8 Å². The predicted octanol–water partition coefficient (Wildman–Crippen LogP) is 5.05. The monoisotopic (exact) mass is 373 g/mol. The summed E-state index contributed by atoms with van der Waals surface area (Å²) in [6.45, 7) is 9.39. The lowest BCUT2D eigenvalue weighted by molar-refractivity contribution is 0.0654. The molecule has 1 atom stereocenters. The van der Waals surface area contributed by atoms with E-state index in [1.54, 1.807) is 11.3 Å². The molecule has 0 spiro atoms. The van der Waals surface area contributed by atoms with Gasteiger partial charge in [0.25, 0.3) is 0 Å². The molecule has 1 N–H and O–H groups in total. The van der Waals surface area contributed by atoms with Crippen LogP contribution < -0.4 is 5.32 Å². The van der Waals surface area contributed by atoms with Crippen molar-refractivity contribution < 1.29 is 9.53 Å². The van der Waals surface area contributed by atoms with E-state index in [4.69, 9.17) is 4.74 Å². The number of urea groups is 1. The average Bonchev–Trinajstić information content (AvgIpc) is 3.24. The molecule has 6 heteroatoms. The molecule has 1 aromatic carbocycles. The zero-order valence-electron chi connectivity index (χ0n) is 15.9. The third-order valence-corrected chi connectivity index (χ3v) is 5.54. The Hall–Kier alpha value is -1.92. The summed E-state index contributed by atoms with van der Waals surface area (Å²) in [5.41, 5.74) is 4.02. The van der Waals surface area contributed by atoms with Crippen molar-refractivity contribution in [3.8, 4) is 0 Å². The van der Waals surface area contributed by atoms with Crippen LogP contribution in [0.4, 0.5) is 10.5 Å². The molecule has 2 amide bonds. The summed E-state index contributed by atoms with van der Waals surface area (Å²) in [5, 5.41) is 6.21. The molecule has 0 aliphatic carbocycles. The van der Waals surface area contributed by atoms with Crippen molar-refractivity contribution in [2.75, 3.05) is 11.9 Å². The van der Waals surface area contributed by atoms with Gasteiger partial charge in [0, 0.05) is 17.6 Å². The van der Waals surface area contributed by atoms with Crippen LogP contribution in [0.5, 0.6) is 0 Å². The van der Waals surface area contributed by atoms with Crippen molar-refractivity contribution in [1.29, 1.82) is 0 Å². The van der Waals surface area contributed by atoms with Gasteiger partial charge >= 0.3 is 6.03 Å². The SMILES string of the molecule is Cc1nc(C2CCCN2C(=O)Nc2cccc(COC(C)C)c2C)cs1. The molecule has 0 saturated carbocycles. The Kier molecular flexibility index (Phi) is 5.94. The second kappa shape index (κ2) is 8.18. The van der Waals surface area contributed by atoms with Gasteiger partial charge in [0.2, 0.25) is 0 Å². The number of likely N-dealkylation sites (tertiary alicyclic amines) is 1. The molecule has 0 bridgehead atoms. The minimum absolute atomic E-state index is 0.0526. The number of nitrogens with one attached hydrogen (secondary N) is 1. The highest BCUT2D eigenvalue weighted by atomic mass is 32.1. The molecular weight excluding hydrogens is 346 g/mol. The summed E-state index contributed by atoms with van der Waals surface area (Å²) in [5.74, 6) is 0. The quantitative estimate of drug-likeness (QED) is 0.797. The Morgan fingerprint density at radius 1 is 1.42 bits per heavy atom. The van der Waals surface area contributed by atoms with Crippen LogP contribution >= 0.6 is 11.3 Å². The van der Waals surface area contributed by atoms with Crippen LogP contribution in [0.3, 0.4) is 0 Å². The fraction of sp³-hybridized carbons (Fsp3) is 0.500. The van der Waals surface area contributed by atoms with Gasteiger partial charge in [0.15, 0.2) is 0 Å². The molecule has 1 aliphatic heterocycles. The van der Waals surface area contributed by atoms with E-state index in [1.165, 1.54) is 0 Å². The van der Waals surface area contributed by atoms with Crippen LogP contribution in [0.2, 0.25) is 0 Å². The Morgan fingerprint density at radius 3 is 2.92 bits per heavy atom. The number of thiazole rings is 1. The molecule has 1 aliphatic rings. The van der Waals surface area contributed by atoms with Crippen molar-refractivity contribution in [1.82, 2.24) is 9.88 Å². The topological polar surface area (TPSA) is 54.5 Å². The van der Waals surface area contributed by atoms with Gasteiger partial charge in [-0.05, 0) is 57.7 Å². The first-order valence-corrected chi connectivity index (χ1v) is 10.0. The number of ether oxygens (including phenoxy) is 1. The molecule has 140 valence electrons. The molecule has 1 unspecified atom stereocenters. The Bertz CT molecular complexity index is 772. The highest BCUT2D eigenvalue weighted by molar-refractivity contribution is 7.09. The minimum Gasteiger partial charge on any atom is -0.374 e. The van der Waals surface area contributed by atoms with Crippen LogP contribution in [-0.4, -0.2) is 28.6 Å². The third-order valence-electron chi connectivity index (χ3n) is 4.75. The number of anilines is 1. The number of hydrogen-bond acceptors (Lipinski definition) is 4. The molecule has 1 aromatic heterocycles. The van der Waals surface area contributed by atoms with Gasteiger partial charge in [0.05, 0.1) is 29.5 Å². The fourth-order valence-electron chi connectivity index (χ4n) is 3.27. The van der Waals surface area contributed by atoms with Gasteiger partial charge in [-0.25, -0.2) is 9.78 Å². The number of rotatable bonds is 5. The molecule has 2 aromatic rings. The summed E-state index contributed by atoms with van der Waals surface area (Å²) >= 11 is 1.64. The molecule has 5 nitrogen and oxygen atoms in total. The average molecular weight is 374 g/mol. The second-order valence-corrected chi connectivity index (χ2v) is 8.08. The summed E-state index contributed by atoms with van der Waals surface area (Å²) in [4.78, 5) is 19.4. The first-order valence-electron chi connectivity index (χ1n) is 9.15. The third kappa shape index (κ3) is 4.24. The molecule has 2 heterocycles. The first-order chi connectivity index (χ1) is 12.5. The van der Waals surface area contributed by atoms with E-state index in [1.807, 2.05) is 50.8 Å². The number of benzene rings is 1. The van der Waals surface area contributed by atoms with E-state index in [9.17, 15) is 4.79 Å². The van der Waals surface area contributed by atoms with E-state index >= 15 is 0 Å². The summed E-state index contributed by atoms with van der Waals surface area (Å²) in [6.07, 6.45) is 2.16. The highest BCUT2D eigenvalue weighted by Gasteiger charge is 2.31. The molecule has 0 radical (unpaired) electrons. The zero-order valence-corrected chi connectivity index (χ0v) is 16.7. The predicted molar refractivity (Wildman–Crippen MR) is 106 cm³/mol. The molecule has 3 rings (SSSR count). The van der Waals surface area contributed by atoms with Crippen LogP contribution in [0.1, 0.15) is 54.6 Å². The van der Waals surface area contributed by atoms with E-state index in [2.05, 4.69) is 15.7 Å². The molecule has 1 fully saturated rings. The standard InChI is InChI=1S/C20H27N3O2S/c1-13(2)25-11-16-7-5-8-17(14(16)3)22-20(24)23-10-6-9-19(23)18-12-26-15(4)21-18/h5,7-8,12-13,19H,6,9-11H2,1-4H3,(H,22,24). The zero-order chi connectivity index (χ0) is 18.7. The second-order valence-electron chi connectivity index (χ2n) is 7.02. The van der Waals surface area contributed by atoms with Crippen molar-refractivity contribution >= 4 is 23.1 Å². The van der Waals surface area contributed by atoms with Gasteiger partial charge in [-0.1, -0.05) is 12.1 Å². The van der Waals surface area contributed by atoms with Gasteiger partial charge in [-0.3, -0.25) is 0 Å². The van der Waals surface area contributed by atoms with E-state index in [-0.39, 0.29) is 18.2 Å². The van der Waals surface area contributed by atoms with E-state index < -0.39 is 0 Å². The Labute approximate surface area is 159 Å². The van der Waals surface area contributed by atoms with Crippen LogP contribution in [-0.2, 0) is 11.3 Å². The Balaban J connectivity index is 1.72. The summed E-state index contributed by atoms with van der Waals surface area (Å²) < 4.78 is 5.72. The van der Waals surface area contributed by atoms with Crippen molar-refractivity contribution in [2.45, 2.75) is 59.3 Å². The number of nitrogens with zero attached hydrogens (tertiary/aromatic N) is 2. The largest absolute Gasteiger partial charge is 0.374 e. The van der Waals surface area contributed by atoms with E-state index in [0.717, 1.165) is 46.9 Å². The smallest absolute Gasteiger partial charge is 0.322 e. The minimum atomic E-state index is -0.0526. The molecule has 26 heavy (non-hydrogen) atoms. The van der Waals surface area contributed by atoms with Crippen molar-refractivity contribution in [3.05, 3.63) is 45.4 Å². The van der Waals surface area contributed by atoms with Crippen LogP contribution in [0.15, 0.2) is 23.6 Å². The molecule has 1 saturated heterocycles. The van der Waals surface area contributed by atoms with Gasteiger partial charge in [-0.2, -0.15) is 0 Å². The number of carbonyl (C=O) groups excluding carboxylic acids is 1. The van der Waals surface area contributed by atoms with Gasteiger partial charge < -0.3 is 15.0 Å². The van der Waals surface area contributed by atoms with E-state index in [0.29, 0.717) is 6.61 Å². The fourth-order valence-corrected chi connectivity index (χ4v) is 3.93. The number of amides is 2. The number of carbonyl (C=O) groups is 1. The lowest BCUT2D eigenvalue weighted by Crippen LogP contribution is -2.34. The number of aryl methyl sites for hydroxylation is 1. The lowest BCUT2D eigenvalue weighted by Gasteiger charge is -2.24. The normalized spacial score (nSPS) is 17.1. The van der Waals surface area contributed by atoms with Crippen molar-refractivity contribution in [3.63, 3.8) is 0 Å². The van der Waals surface area contributed by atoms with Gasteiger partial charge in [0.1, 0.15) is 0 Å². The van der Waals surface area contributed by atoms with Crippen molar-refractivity contribution in [2.24, 2.45) is 0 Å². The summed E-state index contributed by atoms with van der Waals surface area (Å²) in [6, 6.07) is 5.98.